The SMILES string of the molecule is CCCCNc1nn(CCC#N)c(N)c1C(=O)OC. The number of aryl methyl sites for hydroxylation is 1. The lowest BCUT2D eigenvalue weighted by Gasteiger charge is -2.03. The van der Waals surface area contributed by atoms with E-state index in [1.807, 2.05) is 6.07 Å². The van der Waals surface area contributed by atoms with Crippen LogP contribution in [0.1, 0.15) is 36.5 Å². The maximum atomic E-state index is 11.7. The van der Waals surface area contributed by atoms with Gasteiger partial charge in [0.2, 0.25) is 0 Å². The van der Waals surface area contributed by atoms with Crippen molar-refractivity contribution in [3.05, 3.63) is 5.56 Å². The molecule has 1 rings (SSSR count). The molecule has 104 valence electrons. The summed E-state index contributed by atoms with van der Waals surface area (Å²) in [6.07, 6.45) is 2.28. The van der Waals surface area contributed by atoms with Gasteiger partial charge in [-0.3, -0.25) is 0 Å². The van der Waals surface area contributed by atoms with E-state index in [1.165, 1.54) is 11.8 Å². The van der Waals surface area contributed by atoms with Gasteiger partial charge in [-0.2, -0.15) is 10.4 Å². The summed E-state index contributed by atoms with van der Waals surface area (Å²) in [5.74, 6) is 0.108. The Morgan fingerprint density at radius 1 is 1.63 bits per heavy atom. The molecule has 0 aliphatic rings. The summed E-state index contributed by atoms with van der Waals surface area (Å²) in [5, 5.41) is 15.9. The lowest BCUT2D eigenvalue weighted by Crippen LogP contribution is -2.10. The van der Waals surface area contributed by atoms with Gasteiger partial charge in [0, 0.05) is 6.54 Å². The quantitative estimate of drug-likeness (QED) is 0.570. The minimum Gasteiger partial charge on any atom is -0.465 e. The highest BCUT2D eigenvalue weighted by Crippen LogP contribution is 2.23. The molecule has 0 aliphatic heterocycles. The third-order valence-corrected chi connectivity index (χ3v) is 2.64. The molecule has 0 fully saturated rings. The van der Waals surface area contributed by atoms with Gasteiger partial charge in [-0.15, -0.1) is 0 Å². The lowest BCUT2D eigenvalue weighted by atomic mass is 10.3. The third kappa shape index (κ3) is 3.61. The van der Waals surface area contributed by atoms with Crippen molar-refractivity contribution < 1.29 is 9.53 Å². The number of hydrogen-bond acceptors (Lipinski definition) is 6. The number of unbranched alkanes of at least 4 members (excludes halogenated alkanes) is 1. The summed E-state index contributed by atoms with van der Waals surface area (Å²) in [6.45, 7) is 3.12. The van der Waals surface area contributed by atoms with Gasteiger partial charge in [0.05, 0.1) is 26.1 Å². The highest BCUT2D eigenvalue weighted by molar-refractivity contribution is 5.99. The predicted octanol–water partition coefficient (Wildman–Crippen LogP) is 1.38. The molecular weight excluding hydrogens is 246 g/mol. The standard InChI is InChI=1S/C12H19N5O2/c1-3-4-7-15-11-9(12(18)19-2)10(14)17(16-11)8-5-6-13/h3-5,7-8,14H2,1-2H3,(H,15,16). The number of nitrogens with two attached hydrogens (primary N) is 1. The molecule has 0 atom stereocenters. The van der Waals surface area contributed by atoms with Crippen LogP contribution in [0.25, 0.3) is 0 Å². The highest BCUT2D eigenvalue weighted by atomic mass is 16.5. The summed E-state index contributed by atoms with van der Waals surface area (Å²) < 4.78 is 6.15. The smallest absolute Gasteiger partial charge is 0.345 e. The van der Waals surface area contributed by atoms with Crippen LogP contribution in [0.5, 0.6) is 0 Å². The molecule has 0 unspecified atom stereocenters. The van der Waals surface area contributed by atoms with E-state index < -0.39 is 5.97 Å². The second kappa shape index (κ2) is 7.26. The molecular formula is C12H19N5O2. The van der Waals surface area contributed by atoms with Crippen molar-refractivity contribution in [1.29, 1.82) is 5.26 Å². The Labute approximate surface area is 112 Å². The lowest BCUT2D eigenvalue weighted by molar-refractivity contribution is 0.0603. The Balaban J connectivity index is 2.98. The number of nitrogens with zero attached hydrogens (tertiary/aromatic N) is 3. The highest BCUT2D eigenvalue weighted by Gasteiger charge is 2.22. The number of nitrogen functional groups attached to an aromatic ring is 1. The number of anilines is 2. The van der Waals surface area contributed by atoms with Crippen molar-refractivity contribution in [2.45, 2.75) is 32.7 Å². The number of ether oxygens (including phenoxy) is 1. The normalized spacial score (nSPS) is 9.95. The number of aromatic nitrogens is 2. The summed E-state index contributed by atoms with van der Waals surface area (Å²) >= 11 is 0. The topological polar surface area (TPSA) is 106 Å². The maximum absolute atomic E-state index is 11.7. The molecule has 0 saturated carbocycles. The van der Waals surface area contributed by atoms with Crippen LogP contribution in [0.3, 0.4) is 0 Å². The number of carbonyl (C=O) groups excluding carboxylic acids is 1. The van der Waals surface area contributed by atoms with E-state index in [4.69, 9.17) is 15.7 Å². The molecule has 1 aromatic rings. The first-order valence-electron chi connectivity index (χ1n) is 6.21. The minimum absolute atomic E-state index is 0.223. The molecule has 1 aromatic heterocycles. The van der Waals surface area contributed by atoms with Crippen LogP contribution >= 0.6 is 0 Å². The van der Waals surface area contributed by atoms with E-state index in [0.29, 0.717) is 18.9 Å². The fraction of sp³-hybridized carbons (Fsp3) is 0.583. The Kier molecular flexibility index (Phi) is 5.67. The maximum Gasteiger partial charge on any atom is 0.345 e. The van der Waals surface area contributed by atoms with Crippen LogP contribution < -0.4 is 11.1 Å². The first kappa shape index (κ1) is 14.8. The monoisotopic (exact) mass is 265 g/mol. The summed E-state index contributed by atoms with van der Waals surface area (Å²) in [7, 11) is 1.30. The molecule has 0 radical (unpaired) electrons. The van der Waals surface area contributed by atoms with E-state index in [1.54, 1.807) is 0 Å². The van der Waals surface area contributed by atoms with E-state index in [0.717, 1.165) is 12.8 Å². The van der Waals surface area contributed by atoms with Crippen molar-refractivity contribution in [1.82, 2.24) is 9.78 Å². The van der Waals surface area contributed by atoms with Crippen molar-refractivity contribution >= 4 is 17.6 Å². The van der Waals surface area contributed by atoms with Crippen molar-refractivity contribution in [2.75, 3.05) is 24.7 Å². The Hall–Kier alpha value is -2.23. The molecule has 0 aliphatic carbocycles. The largest absolute Gasteiger partial charge is 0.465 e. The molecule has 7 heteroatoms. The van der Waals surface area contributed by atoms with E-state index in [-0.39, 0.29) is 17.8 Å². The summed E-state index contributed by atoms with van der Waals surface area (Å²) in [6, 6.07) is 2.01. The number of carbonyl (C=O) groups is 1. The minimum atomic E-state index is -0.528. The van der Waals surface area contributed by atoms with Crippen LogP contribution in [0.15, 0.2) is 0 Å². The van der Waals surface area contributed by atoms with Gasteiger partial charge < -0.3 is 15.8 Å². The van der Waals surface area contributed by atoms with Gasteiger partial charge in [0.15, 0.2) is 5.82 Å². The van der Waals surface area contributed by atoms with Gasteiger partial charge in [-0.25, -0.2) is 9.48 Å². The number of hydrogen-bond donors (Lipinski definition) is 2. The Bertz CT molecular complexity index is 475. The molecule has 19 heavy (non-hydrogen) atoms. The molecule has 0 aromatic carbocycles. The zero-order valence-electron chi connectivity index (χ0n) is 11.3. The van der Waals surface area contributed by atoms with Crippen molar-refractivity contribution in [3.63, 3.8) is 0 Å². The van der Waals surface area contributed by atoms with Crippen molar-refractivity contribution in [2.24, 2.45) is 0 Å². The van der Waals surface area contributed by atoms with E-state index >= 15 is 0 Å². The molecule has 0 saturated heterocycles. The van der Waals surface area contributed by atoms with Crippen LogP contribution in [-0.4, -0.2) is 29.4 Å². The Morgan fingerprint density at radius 3 is 2.95 bits per heavy atom. The fourth-order valence-electron chi connectivity index (χ4n) is 1.61. The van der Waals surface area contributed by atoms with Gasteiger partial charge >= 0.3 is 5.97 Å². The van der Waals surface area contributed by atoms with Gasteiger partial charge in [-0.05, 0) is 6.42 Å². The average Bonchev–Trinajstić information content (AvgIpc) is 2.72. The van der Waals surface area contributed by atoms with Crippen LogP contribution in [-0.2, 0) is 11.3 Å². The van der Waals surface area contributed by atoms with Gasteiger partial charge in [-0.1, -0.05) is 13.3 Å². The summed E-state index contributed by atoms with van der Waals surface area (Å²) in [5.41, 5.74) is 6.11. The number of nitrogens with one attached hydrogen (secondary N) is 1. The van der Waals surface area contributed by atoms with Gasteiger partial charge in [0.25, 0.3) is 0 Å². The molecule has 0 amide bonds. The third-order valence-electron chi connectivity index (χ3n) is 2.64. The number of esters is 1. The van der Waals surface area contributed by atoms with Crippen molar-refractivity contribution in [3.8, 4) is 6.07 Å². The van der Waals surface area contributed by atoms with E-state index in [2.05, 4.69) is 17.3 Å². The molecule has 7 nitrogen and oxygen atoms in total. The van der Waals surface area contributed by atoms with Crippen LogP contribution in [0.2, 0.25) is 0 Å². The first-order valence-corrected chi connectivity index (χ1v) is 6.21. The van der Waals surface area contributed by atoms with E-state index in [9.17, 15) is 4.79 Å². The zero-order valence-corrected chi connectivity index (χ0v) is 11.3. The molecule has 0 bridgehead atoms. The number of nitriles is 1. The fourth-order valence-corrected chi connectivity index (χ4v) is 1.61. The zero-order chi connectivity index (χ0) is 14.3. The number of rotatable bonds is 7. The molecule has 0 spiro atoms. The average molecular weight is 265 g/mol. The first-order chi connectivity index (χ1) is 9.15. The second-order valence-electron chi connectivity index (χ2n) is 4.01. The van der Waals surface area contributed by atoms with Crippen LogP contribution in [0, 0.1) is 11.3 Å². The van der Waals surface area contributed by atoms with Crippen LogP contribution in [0.4, 0.5) is 11.6 Å². The molecule has 1 heterocycles. The summed E-state index contributed by atoms with van der Waals surface area (Å²) in [4.78, 5) is 11.7. The van der Waals surface area contributed by atoms with Gasteiger partial charge in [0.1, 0.15) is 11.4 Å². The predicted molar refractivity (Wildman–Crippen MR) is 71.6 cm³/mol. The number of methoxy groups -OCH3 is 1. The second-order valence-corrected chi connectivity index (χ2v) is 4.01. The Morgan fingerprint density at radius 2 is 2.37 bits per heavy atom. The molecule has 3 N–H and O–H groups in total.